The van der Waals surface area contributed by atoms with Crippen molar-refractivity contribution >= 4 is 34.2 Å². The van der Waals surface area contributed by atoms with Crippen LogP contribution in [-0.4, -0.2) is 20.7 Å². The number of nitrogens with one attached hydrogen (secondary N) is 1. The van der Waals surface area contributed by atoms with E-state index in [-0.39, 0.29) is 12.3 Å². The molecule has 26 heavy (non-hydrogen) atoms. The van der Waals surface area contributed by atoms with E-state index in [4.69, 9.17) is 11.6 Å². The monoisotopic (exact) mass is 362 g/mol. The Labute approximate surface area is 155 Å². The lowest BCUT2D eigenvalue weighted by atomic mass is 10.1. The number of halogens is 1. The molecule has 128 valence electrons. The molecular formula is C20H15ClN4O. The Balaban J connectivity index is 1.47. The number of benzene rings is 2. The molecule has 6 heteroatoms. The number of anilines is 1. The molecule has 5 nitrogen and oxygen atoms in total. The van der Waals surface area contributed by atoms with Crippen molar-refractivity contribution in [2.75, 3.05) is 5.32 Å². The molecule has 0 aliphatic heterocycles. The highest BCUT2D eigenvalue weighted by molar-refractivity contribution is 6.31. The molecule has 0 unspecified atom stereocenters. The second-order valence-electron chi connectivity index (χ2n) is 5.84. The molecule has 1 N–H and O–H groups in total. The first kappa shape index (κ1) is 16.3. The lowest BCUT2D eigenvalue weighted by molar-refractivity contribution is -0.115. The summed E-state index contributed by atoms with van der Waals surface area (Å²) >= 11 is 6.10. The molecule has 2 aromatic heterocycles. The van der Waals surface area contributed by atoms with Crippen LogP contribution in [0.1, 0.15) is 5.56 Å². The maximum absolute atomic E-state index is 12.2. The summed E-state index contributed by atoms with van der Waals surface area (Å²) in [6.07, 6.45) is 3.85. The number of nitrogens with zero attached hydrogens (tertiary/aromatic N) is 3. The third-order valence-corrected chi connectivity index (χ3v) is 4.37. The normalized spacial score (nSPS) is 10.8. The Hall–Kier alpha value is -3.18. The van der Waals surface area contributed by atoms with Crippen molar-refractivity contribution < 1.29 is 4.79 Å². The maximum atomic E-state index is 12.2. The first-order valence-corrected chi connectivity index (χ1v) is 8.51. The lowest BCUT2D eigenvalue weighted by Crippen LogP contribution is -2.14. The zero-order valence-corrected chi connectivity index (χ0v) is 14.5. The summed E-state index contributed by atoms with van der Waals surface area (Å²) in [6.45, 7) is 0. The van der Waals surface area contributed by atoms with Crippen molar-refractivity contribution in [1.82, 2.24) is 14.8 Å². The zero-order chi connectivity index (χ0) is 17.9. The summed E-state index contributed by atoms with van der Waals surface area (Å²) < 4.78 is 1.77. The Bertz CT molecular complexity index is 1040. The van der Waals surface area contributed by atoms with Crippen LogP contribution in [0.4, 0.5) is 5.69 Å². The highest BCUT2D eigenvalue weighted by Crippen LogP contribution is 2.18. The van der Waals surface area contributed by atoms with E-state index in [1.165, 1.54) is 0 Å². The molecule has 0 aliphatic carbocycles. The summed E-state index contributed by atoms with van der Waals surface area (Å²) in [6, 6.07) is 18.6. The Morgan fingerprint density at radius 3 is 2.58 bits per heavy atom. The third-order valence-electron chi connectivity index (χ3n) is 4.00. The van der Waals surface area contributed by atoms with Crippen LogP contribution in [0.2, 0.25) is 5.02 Å². The Morgan fingerprint density at radius 1 is 1.00 bits per heavy atom. The molecule has 2 heterocycles. The van der Waals surface area contributed by atoms with Crippen molar-refractivity contribution in [2.24, 2.45) is 0 Å². The fraction of sp³-hybridized carbons (Fsp3) is 0.0500. The van der Waals surface area contributed by atoms with E-state index in [9.17, 15) is 4.79 Å². The van der Waals surface area contributed by atoms with Gasteiger partial charge in [-0.15, -0.1) is 0 Å². The third kappa shape index (κ3) is 3.43. The van der Waals surface area contributed by atoms with Crippen LogP contribution in [0.25, 0.3) is 16.7 Å². The van der Waals surface area contributed by atoms with Crippen LogP contribution >= 0.6 is 11.6 Å². The standard InChI is InChI=1S/C20H15ClN4O/c21-17-5-2-1-4-14(17)12-20(26)23-15-7-9-16(10-8-15)25-13-19-18(24-25)6-3-11-22-19/h1-11,13H,12H2,(H,23,26). The van der Waals surface area contributed by atoms with Crippen molar-refractivity contribution in [3.8, 4) is 5.69 Å². The summed E-state index contributed by atoms with van der Waals surface area (Å²) in [4.78, 5) is 16.5. The topological polar surface area (TPSA) is 59.8 Å². The molecule has 0 atom stereocenters. The Kier molecular flexibility index (Phi) is 4.37. The number of pyridine rings is 1. The van der Waals surface area contributed by atoms with E-state index in [0.29, 0.717) is 5.02 Å². The van der Waals surface area contributed by atoms with Crippen molar-refractivity contribution in [2.45, 2.75) is 6.42 Å². The second kappa shape index (κ2) is 6.98. The average Bonchev–Trinajstić information content (AvgIpc) is 3.08. The van der Waals surface area contributed by atoms with E-state index in [2.05, 4.69) is 15.4 Å². The van der Waals surface area contributed by atoms with Gasteiger partial charge < -0.3 is 5.32 Å². The number of carbonyl (C=O) groups is 1. The number of carbonyl (C=O) groups excluding carboxylic acids is 1. The van der Waals surface area contributed by atoms with Crippen molar-refractivity contribution in [3.05, 3.63) is 83.6 Å². The first-order valence-electron chi connectivity index (χ1n) is 8.13. The van der Waals surface area contributed by atoms with E-state index in [0.717, 1.165) is 28.0 Å². The molecule has 0 fully saturated rings. The summed E-state index contributed by atoms with van der Waals surface area (Å²) in [5.41, 5.74) is 4.10. The van der Waals surface area contributed by atoms with Gasteiger partial charge in [-0.3, -0.25) is 9.78 Å². The maximum Gasteiger partial charge on any atom is 0.228 e. The predicted molar refractivity (Wildman–Crippen MR) is 103 cm³/mol. The summed E-state index contributed by atoms with van der Waals surface area (Å²) in [5, 5.41) is 7.97. The van der Waals surface area contributed by atoms with Gasteiger partial charge in [-0.05, 0) is 48.0 Å². The van der Waals surface area contributed by atoms with Gasteiger partial charge in [0, 0.05) is 16.9 Å². The van der Waals surface area contributed by atoms with Gasteiger partial charge in [-0.25, -0.2) is 4.68 Å². The quantitative estimate of drug-likeness (QED) is 0.590. The van der Waals surface area contributed by atoms with Gasteiger partial charge in [0.25, 0.3) is 0 Å². The first-order chi connectivity index (χ1) is 12.7. The minimum Gasteiger partial charge on any atom is -0.326 e. The predicted octanol–water partition coefficient (Wildman–Crippen LogP) is 4.26. The number of fused-ring (bicyclic) bond motifs is 1. The smallest absolute Gasteiger partial charge is 0.228 e. The molecule has 0 saturated carbocycles. The summed E-state index contributed by atoms with van der Waals surface area (Å²) in [5.74, 6) is -0.111. The van der Waals surface area contributed by atoms with Gasteiger partial charge in [0.15, 0.2) is 0 Å². The van der Waals surface area contributed by atoms with Crippen LogP contribution < -0.4 is 5.32 Å². The minimum atomic E-state index is -0.111. The highest BCUT2D eigenvalue weighted by atomic mass is 35.5. The van der Waals surface area contributed by atoms with E-state index in [1.54, 1.807) is 16.9 Å². The number of aromatic nitrogens is 3. The van der Waals surface area contributed by atoms with E-state index in [1.807, 2.05) is 60.8 Å². The molecular weight excluding hydrogens is 348 g/mol. The molecule has 0 radical (unpaired) electrons. The number of hydrogen-bond donors (Lipinski definition) is 1. The van der Waals surface area contributed by atoms with E-state index >= 15 is 0 Å². The van der Waals surface area contributed by atoms with Crippen molar-refractivity contribution in [1.29, 1.82) is 0 Å². The lowest BCUT2D eigenvalue weighted by Gasteiger charge is -2.08. The largest absolute Gasteiger partial charge is 0.326 e. The van der Waals surface area contributed by atoms with Gasteiger partial charge in [-0.2, -0.15) is 5.10 Å². The molecule has 0 bridgehead atoms. The molecule has 0 spiro atoms. The zero-order valence-electron chi connectivity index (χ0n) is 13.8. The number of amides is 1. The van der Waals surface area contributed by atoms with Crippen molar-refractivity contribution in [3.63, 3.8) is 0 Å². The second-order valence-corrected chi connectivity index (χ2v) is 6.25. The highest BCUT2D eigenvalue weighted by Gasteiger charge is 2.08. The molecule has 2 aromatic carbocycles. The number of rotatable bonds is 4. The summed E-state index contributed by atoms with van der Waals surface area (Å²) in [7, 11) is 0. The molecule has 4 rings (SSSR count). The molecule has 1 amide bonds. The van der Waals surface area contributed by atoms with Gasteiger partial charge in [0.05, 0.1) is 18.3 Å². The van der Waals surface area contributed by atoms with Gasteiger partial charge in [0.1, 0.15) is 11.0 Å². The molecule has 0 saturated heterocycles. The Morgan fingerprint density at radius 2 is 1.81 bits per heavy atom. The number of hydrogen-bond acceptors (Lipinski definition) is 3. The minimum absolute atomic E-state index is 0.111. The van der Waals surface area contributed by atoms with Gasteiger partial charge >= 0.3 is 0 Å². The fourth-order valence-corrected chi connectivity index (χ4v) is 2.91. The van der Waals surface area contributed by atoms with Crippen LogP contribution in [0.3, 0.4) is 0 Å². The molecule has 0 aliphatic rings. The van der Waals surface area contributed by atoms with Crippen LogP contribution in [-0.2, 0) is 11.2 Å². The SMILES string of the molecule is O=C(Cc1ccccc1Cl)Nc1ccc(-n2cc3ncccc3n2)cc1. The van der Waals surface area contributed by atoms with Crippen LogP contribution in [0.5, 0.6) is 0 Å². The van der Waals surface area contributed by atoms with Gasteiger partial charge in [-0.1, -0.05) is 29.8 Å². The fourth-order valence-electron chi connectivity index (χ4n) is 2.70. The molecule has 4 aromatic rings. The van der Waals surface area contributed by atoms with Crippen LogP contribution in [0.15, 0.2) is 73.1 Å². The van der Waals surface area contributed by atoms with E-state index < -0.39 is 0 Å². The van der Waals surface area contributed by atoms with Crippen LogP contribution in [0, 0.1) is 0 Å². The average molecular weight is 363 g/mol. The van der Waals surface area contributed by atoms with Gasteiger partial charge in [0.2, 0.25) is 5.91 Å².